The van der Waals surface area contributed by atoms with Gasteiger partial charge in [-0.3, -0.25) is 9.59 Å². The fourth-order valence-corrected chi connectivity index (χ4v) is 3.90. The van der Waals surface area contributed by atoms with Crippen molar-refractivity contribution in [2.24, 2.45) is 5.92 Å². The summed E-state index contributed by atoms with van der Waals surface area (Å²) in [5.41, 5.74) is 1.15. The van der Waals surface area contributed by atoms with E-state index in [4.69, 9.17) is 8.83 Å². The van der Waals surface area contributed by atoms with Crippen LogP contribution in [0.3, 0.4) is 0 Å². The van der Waals surface area contributed by atoms with Gasteiger partial charge < -0.3 is 19.1 Å². The lowest BCUT2D eigenvalue weighted by atomic mass is 9.88. The summed E-state index contributed by atoms with van der Waals surface area (Å²) in [5.74, 6) is 1.33. The van der Waals surface area contributed by atoms with Gasteiger partial charge in [-0.05, 0) is 55.3 Å². The number of hydrogen-bond acceptors (Lipinski definition) is 4. The van der Waals surface area contributed by atoms with Crippen LogP contribution in [-0.4, -0.2) is 16.7 Å². The lowest BCUT2D eigenvalue weighted by Crippen LogP contribution is -2.30. The topological polar surface area (TPSA) is 75.7 Å². The van der Waals surface area contributed by atoms with Gasteiger partial charge in [0.1, 0.15) is 11.5 Å². The van der Waals surface area contributed by atoms with Gasteiger partial charge in [-0.1, -0.05) is 25.3 Å². The number of benzene rings is 1. The Hall–Kier alpha value is -3.28. The second-order valence-corrected chi connectivity index (χ2v) is 7.72. The number of nitrogens with zero attached hydrogens (tertiary/aromatic N) is 1. The van der Waals surface area contributed by atoms with Gasteiger partial charge in [0.2, 0.25) is 5.91 Å². The highest BCUT2D eigenvalue weighted by Gasteiger charge is 2.22. The largest absolute Gasteiger partial charge is 0.467 e. The molecule has 3 aromatic rings. The molecule has 30 heavy (non-hydrogen) atoms. The van der Waals surface area contributed by atoms with Crippen molar-refractivity contribution in [2.45, 2.75) is 45.2 Å². The van der Waals surface area contributed by atoms with Crippen LogP contribution in [0.15, 0.2) is 69.9 Å². The van der Waals surface area contributed by atoms with E-state index in [-0.39, 0.29) is 17.7 Å². The standard InChI is InChI=1S/C24H26N2O4/c27-23(18-7-2-1-3-8-18)25-20-10-4-9-19(15-20)24(28)26(16-21-11-5-13-29-21)17-22-12-6-14-30-22/h4-6,9-15,18H,1-3,7-8,16-17H2,(H,25,27). The van der Waals surface area contributed by atoms with E-state index in [9.17, 15) is 9.59 Å². The molecule has 0 radical (unpaired) electrons. The van der Waals surface area contributed by atoms with E-state index in [1.165, 1.54) is 6.42 Å². The van der Waals surface area contributed by atoms with Crippen LogP contribution in [-0.2, 0) is 17.9 Å². The third-order valence-electron chi connectivity index (χ3n) is 5.49. The second kappa shape index (κ2) is 9.48. The zero-order valence-electron chi connectivity index (χ0n) is 16.9. The molecule has 1 aromatic carbocycles. The first kappa shape index (κ1) is 20.0. The van der Waals surface area contributed by atoms with Crippen molar-refractivity contribution in [1.29, 1.82) is 0 Å². The molecule has 2 heterocycles. The average molecular weight is 406 g/mol. The smallest absolute Gasteiger partial charge is 0.254 e. The van der Waals surface area contributed by atoms with Gasteiger partial charge >= 0.3 is 0 Å². The first-order chi connectivity index (χ1) is 14.7. The van der Waals surface area contributed by atoms with E-state index in [2.05, 4.69) is 5.32 Å². The van der Waals surface area contributed by atoms with E-state index in [1.54, 1.807) is 47.8 Å². The van der Waals surface area contributed by atoms with Crippen molar-refractivity contribution in [3.63, 3.8) is 0 Å². The minimum Gasteiger partial charge on any atom is -0.467 e. The van der Waals surface area contributed by atoms with Crippen LogP contribution >= 0.6 is 0 Å². The number of nitrogens with one attached hydrogen (secondary N) is 1. The van der Waals surface area contributed by atoms with Crippen molar-refractivity contribution in [1.82, 2.24) is 4.90 Å². The second-order valence-electron chi connectivity index (χ2n) is 7.72. The van der Waals surface area contributed by atoms with E-state index in [0.717, 1.165) is 25.7 Å². The first-order valence-electron chi connectivity index (χ1n) is 10.4. The molecule has 4 rings (SSSR count). The summed E-state index contributed by atoms with van der Waals surface area (Å²) in [7, 11) is 0. The molecule has 0 saturated heterocycles. The normalized spacial score (nSPS) is 14.4. The molecule has 0 atom stereocenters. The molecule has 2 aromatic heterocycles. The van der Waals surface area contributed by atoms with Gasteiger partial charge in [-0.2, -0.15) is 0 Å². The van der Waals surface area contributed by atoms with E-state index >= 15 is 0 Å². The van der Waals surface area contributed by atoms with Crippen molar-refractivity contribution in [3.8, 4) is 0 Å². The Labute approximate surface area is 175 Å². The number of hydrogen-bond donors (Lipinski definition) is 1. The van der Waals surface area contributed by atoms with Crippen LogP contribution in [0.25, 0.3) is 0 Å². The predicted molar refractivity (Wildman–Crippen MR) is 113 cm³/mol. The molecule has 0 unspecified atom stereocenters. The Morgan fingerprint density at radius 3 is 2.17 bits per heavy atom. The van der Waals surface area contributed by atoms with Crippen LogP contribution in [0.2, 0.25) is 0 Å². The van der Waals surface area contributed by atoms with Gasteiger partial charge in [0.25, 0.3) is 5.91 Å². The van der Waals surface area contributed by atoms with Crippen molar-refractivity contribution < 1.29 is 18.4 Å². The van der Waals surface area contributed by atoms with Crippen molar-refractivity contribution >= 4 is 17.5 Å². The highest BCUT2D eigenvalue weighted by Crippen LogP contribution is 2.25. The summed E-state index contributed by atoms with van der Waals surface area (Å²) in [5, 5.41) is 2.99. The number of rotatable bonds is 7. The number of amides is 2. The minimum absolute atomic E-state index is 0.0438. The number of carbonyl (C=O) groups is 2. The monoisotopic (exact) mass is 406 g/mol. The molecule has 1 fully saturated rings. The molecule has 2 amide bonds. The molecule has 1 saturated carbocycles. The van der Waals surface area contributed by atoms with Crippen LogP contribution in [0.5, 0.6) is 0 Å². The average Bonchev–Trinajstić information content (AvgIpc) is 3.48. The summed E-state index contributed by atoms with van der Waals surface area (Å²) in [6.45, 7) is 0.649. The van der Waals surface area contributed by atoms with Crippen molar-refractivity contribution in [2.75, 3.05) is 5.32 Å². The fourth-order valence-electron chi connectivity index (χ4n) is 3.90. The Bertz CT molecular complexity index is 921. The summed E-state index contributed by atoms with van der Waals surface area (Å²) in [6, 6.07) is 14.4. The van der Waals surface area contributed by atoms with Crippen molar-refractivity contribution in [3.05, 3.63) is 78.1 Å². The number of carbonyl (C=O) groups excluding carboxylic acids is 2. The maximum absolute atomic E-state index is 13.3. The fraction of sp³-hybridized carbons (Fsp3) is 0.333. The molecule has 156 valence electrons. The quantitative estimate of drug-likeness (QED) is 0.583. The number of furan rings is 2. The third-order valence-corrected chi connectivity index (χ3v) is 5.49. The van der Waals surface area contributed by atoms with E-state index in [1.807, 2.05) is 18.2 Å². The van der Waals surface area contributed by atoms with Gasteiger partial charge in [-0.15, -0.1) is 0 Å². The minimum atomic E-state index is -0.156. The molecule has 0 bridgehead atoms. The molecule has 1 aliphatic carbocycles. The molecule has 6 nitrogen and oxygen atoms in total. The Balaban J connectivity index is 1.49. The Morgan fingerprint density at radius 1 is 0.900 bits per heavy atom. The highest BCUT2D eigenvalue weighted by molar-refractivity contribution is 5.97. The maximum atomic E-state index is 13.3. The summed E-state index contributed by atoms with van der Waals surface area (Å²) >= 11 is 0. The molecular formula is C24H26N2O4. The molecule has 1 aliphatic rings. The Morgan fingerprint density at radius 2 is 1.57 bits per heavy atom. The van der Waals surface area contributed by atoms with E-state index < -0.39 is 0 Å². The molecule has 0 spiro atoms. The highest BCUT2D eigenvalue weighted by atomic mass is 16.3. The summed E-state index contributed by atoms with van der Waals surface area (Å²) in [6.07, 6.45) is 8.46. The summed E-state index contributed by atoms with van der Waals surface area (Å²) < 4.78 is 10.9. The molecular weight excluding hydrogens is 380 g/mol. The molecule has 1 N–H and O–H groups in total. The van der Waals surface area contributed by atoms with Crippen LogP contribution in [0, 0.1) is 5.92 Å². The number of anilines is 1. The lowest BCUT2D eigenvalue weighted by molar-refractivity contribution is -0.120. The SMILES string of the molecule is O=C(Nc1cccc(C(=O)N(Cc2ccco2)Cc2ccco2)c1)C1CCCCC1. The van der Waals surface area contributed by atoms with E-state index in [0.29, 0.717) is 35.9 Å². The Kier molecular flexibility index (Phi) is 6.32. The maximum Gasteiger partial charge on any atom is 0.254 e. The van der Waals surface area contributed by atoms with Gasteiger partial charge in [0.05, 0.1) is 25.6 Å². The van der Waals surface area contributed by atoms with Gasteiger partial charge in [-0.25, -0.2) is 0 Å². The van der Waals surface area contributed by atoms with Gasteiger partial charge in [0, 0.05) is 17.2 Å². The predicted octanol–water partition coefficient (Wildman–Crippen LogP) is 5.23. The van der Waals surface area contributed by atoms with Crippen LogP contribution in [0.1, 0.15) is 54.0 Å². The van der Waals surface area contributed by atoms with Crippen LogP contribution < -0.4 is 5.32 Å². The zero-order chi connectivity index (χ0) is 20.8. The molecule has 6 heteroatoms. The first-order valence-corrected chi connectivity index (χ1v) is 10.4. The lowest BCUT2D eigenvalue weighted by Gasteiger charge is -2.22. The zero-order valence-corrected chi connectivity index (χ0v) is 16.9. The third kappa shape index (κ3) is 5.00. The summed E-state index contributed by atoms with van der Waals surface area (Å²) in [4.78, 5) is 27.5. The van der Waals surface area contributed by atoms with Crippen LogP contribution in [0.4, 0.5) is 5.69 Å². The van der Waals surface area contributed by atoms with Gasteiger partial charge in [0.15, 0.2) is 0 Å². The molecule has 0 aliphatic heterocycles.